The third-order valence-electron chi connectivity index (χ3n) is 5.35. The molecule has 4 rings (SSSR count). The maximum Gasteiger partial charge on any atom is 0.522 e. The summed E-state index contributed by atoms with van der Waals surface area (Å²) in [5.41, 5.74) is 7.44. The molecule has 2 aromatic rings. The van der Waals surface area contributed by atoms with Crippen LogP contribution in [0.25, 0.3) is 0 Å². The summed E-state index contributed by atoms with van der Waals surface area (Å²) in [5.74, 6) is -1.75. The van der Waals surface area contributed by atoms with Crippen LogP contribution in [0.2, 0.25) is 6.32 Å². The highest BCUT2D eigenvalue weighted by atomic mass is 16.5. The van der Waals surface area contributed by atoms with E-state index < -0.39 is 19.1 Å². The molecule has 11 nitrogen and oxygen atoms in total. The van der Waals surface area contributed by atoms with E-state index in [2.05, 4.69) is 4.98 Å². The van der Waals surface area contributed by atoms with E-state index in [4.69, 9.17) is 20.2 Å². The Morgan fingerprint density at radius 3 is 2.84 bits per heavy atom. The van der Waals surface area contributed by atoms with Crippen LogP contribution in [0.15, 0.2) is 24.7 Å². The largest absolute Gasteiger partial charge is 0.535 e. The van der Waals surface area contributed by atoms with Gasteiger partial charge in [-0.05, 0) is 24.4 Å². The summed E-state index contributed by atoms with van der Waals surface area (Å²) in [4.78, 5) is 28.8. The van der Waals surface area contributed by atoms with Crippen molar-refractivity contribution in [2.75, 3.05) is 19.6 Å². The van der Waals surface area contributed by atoms with Crippen molar-refractivity contribution in [3.63, 3.8) is 0 Å². The monoisotopic (exact) mass is 430 g/mol. The Balaban J connectivity index is 1.35. The van der Waals surface area contributed by atoms with Crippen LogP contribution >= 0.6 is 0 Å². The van der Waals surface area contributed by atoms with Gasteiger partial charge in [-0.25, -0.2) is 9.78 Å². The molecule has 3 heterocycles. The second kappa shape index (κ2) is 8.57. The molecule has 1 aromatic heterocycles. The number of aromatic nitrogens is 2. The minimum Gasteiger partial charge on any atom is -0.535 e. The van der Waals surface area contributed by atoms with Gasteiger partial charge in [-0.15, -0.1) is 0 Å². The lowest BCUT2D eigenvalue weighted by Crippen LogP contribution is -2.55. The molecule has 0 aliphatic carbocycles. The molecule has 0 saturated carbocycles. The molecule has 1 aromatic carbocycles. The van der Waals surface area contributed by atoms with Gasteiger partial charge in [0.15, 0.2) is 0 Å². The van der Waals surface area contributed by atoms with E-state index in [0.29, 0.717) is 38.1 Å². The van der Waals surface area contributed by atoms with Gasteiger partial charge in [0.05, 0.1) is 18.1 Å². The van der Waals surface area contributed by atoms with Crippen molar-refractivity contribution < 1.29 is 34.2 Å². The van der Waals surface area contributed by atoms with Gasteiger partial charge in [0, 0.05) is 25.8 Å². The van der Waals surface area contributed by atoms with Crippen LogP contribution in [-0.4, -0.2) is 74.5 Å². The third-order valence-corrected chi connectivity index (χ3v) is 5.35. The Labute approximate surface area is 178 Å². The van der Waals surface area contributed by atoms with E-state index >= 15 is 0 Å². The minimum atomic E-state index is -1.17. The fraction of sp³-hybridized carbons (Fsp3) is 0.421. The van der Waals surface area contributed by atoms with Gasteiger partial charge >= 0.3 is 19.1 Å². The zero-order valence-electron chi connectivity index (χ0n) is 16.7. The van der Waals surface area contributed by atoms with Crippen molar-refractivity contribution in [1.82, 2.24) is 14.5 Å². The highest BCUT2D eigenvalue weighted by molar-refractivity contribution is 6.44. The van der Waals surface area contributed by atoms with E-state index in [1.165, 1.54) is 10.9 Å². The van der Waals surface area contributed by atoms with Gasteiger partial charge in [0.1, 0.15) is 29.7 Å². The maximum absolute atomic E-state index is 11.8. The van der Waals surface area contributed by atoms with Crippen LogP contribution in [0.1, 0.15) is 27.7 Å². The van der Waals surface area contributed by atoms with Crippen molar-refractivity contribution in [2.24, 2.45) is 5.73 Å². The van der Waals surface area contributed by atoms with Gasteiger partial charge in [-0.2, -0.15) is 0 Å². The Bertz CT molecular complexity index is 992. The molecule has 12 heteroatoms. The number of carboxylic acids is 2. The zero-order valence-corrected chi connectivity index (χ0v) is 16.7. The Kier molecular flexibility index (Phi) is 5.85. The normalized spacial score (nSPS) is 17.4. The van der Waals surface area contributed by atoms with Crippen molar-refractivity contribution in [1.29, 1.82) is 0 Å². The molecule has 0 bridgehead atoms. The number of rotatable bonds is 8. The average Bonchev–Trinajstić information content (AvgIpc) is 3.13. The van der Waals surface area contributed by atoms with Crippen LogP contribution in [0, 0.1) is 0 Å². The standard InChI is InChI=1S/C19H23BN4O7/c21-13(14-8-24(10-22-14)9-16(25)26)7-23-5-12(6-23)30-15-2-1-11-3-4-20(29)31-18(11)17(15)19(27)28/h1-2,8,10,12-13,29H,3-7,9,21H2,(H,25,26)(H,27,28). The minimum absolute atomic E-state index is 0.0737. The van der Waals surface area contributed by atoms with E-state index in [1.54, 1.807) is 18.3 Å². The highest BCUT2D eigenvalue weighted by Crippen LogP contribution is 2.37. The number of imidazole rings is 1. The number of ether oxygens (including phenoxy) is 1. The Morgan fingerprint density at radius 2 is 2.13 bits per heavy atom. The second-order valence-electron chi connectivity index (χ2n) is 7.77. The molecule has 1 saturated heterocycles. The zero-order chi connectivity index (χ0) is 22.1. The lowest BCUT2D eigenvalue weighted by atomic mass is 9.78. The van der Waals surface area contributed by atoms with E-state index in [1.807, 2.05) is 4.90 Å². The molecule has 0 radical (unpaired) electrons. The second-order valence-corrected chi connectivity index (χ2v) is 7.77. The molecule has 0 spiro atoms. The summed E-state index contributed by atoms with van der Waals surface area (Å²) in [5, 5.41) is 28.2. The summed E-state index contributed by atoms with van der Waals surface area (Å²) in [6.07, 6.45) is 3.80. The van der Waals surface area contributed by atoms with Crippen molar-refractivity contribution in [3.8, 4) is 11.5 Å². The predicted molar refractivity (Wildman–Crippen MR) is 108 cm³/mol. The number of hydrogen-bond acceptors (Lipinski definition) is 8. The SMILES string of the molecule is NC(CN1CC(Oc2ccc3c(c2C(=O)O)OB(O)CC3)C1)c1cn(CC(=O)O)cn1. The molecular formula is C19H23BN4O7. The van der Waals surface area contributed by atoms with Crippen LogP contribution in [0.5, 0.6) is 11.5 Å². The lowest BCUT2D eigenvalue weighted by molar-refractivity contribution is -0.137. The number of benzene rings is 1. The van der Waals surface area contributed by atoms with Crippen LogP contribution in [-0.2, 0) is 17.8 Å². The Hall–Kier alpha value is -3.09. The number of carboxylic acid groups (broad SMARTS) is 2. The molecule has 164 valence electrons. The van der Waals surface area contributed by atoms with Gasteiger partial charge in [-0.3, -0.25) is 9.69 Å². The first-order valence-electron chi connectivity index (χ1n) is 9.92. The first kappa shape index (κ1) is 21.2. The summed E-state index contributed by atoms with van der Waals surface area (Å²) in [7, 11) is -1.03. The maximum atomic E-state index is 11.8. The number of fused-ring (bicyclic) bond motifs is 1. The lowest BCUT2D eigenvalue weighted by Gasteiger charge is -2.40. The molecule has 2 aliphatic heterocycles. The van der Waals surface area contributed by atoms with E-state index in [-0.39, 0.29) is 35.8 Å². The molecule has 0 amide bonds. The Morgan fingerprint density at radius 1 is 1.35 bits per heavy atom. The molecule has 1 fully saturated rings. The van der Waals surface area contributed by atoms with Crippen molar-refractivity contribution in [3.05, 3.63) is 41.5 Å². The molecule has 1 atom stereocenters. The number of nitrogens with zero attached hydrogens (tertiary/aromatic N) is 3. The van der Waals surface area contributed by atoms with E-state index in [0.717, 1.165) is 5.56 Å². The molecule has 5 N–H and O–H groups in total. The fourth-order valence-corrected chi connectivity index (χ4v) is 3.82. The average molecular weight is 430 g/mol. The quantitative estimate of drug-likeness (QED) is 0.415. The van der Waals surface area contributed by atoms with Crippen molar-refractivity contribution in [2.45, 2.75) is 31.4 Å². The molecule has 31 heavy (non-hydrogen) atoms. The predicted octanol–water partition coefficient (Wildman–Crippen LogP) is -0.156. The first-order chi connectivity index (χ1) is 14.8. The summed E-state index contributed by atoms with van der Waals surface area (Å²) in [6, 6.07) is 3.01. The number of aryl methyl sites for hydroxylation is 1. The van der Waals surface area contributed by atoms with Crippen LogP contribution in [0.4, 0.5) is 0 Å². The fourth-order valence-electron chi connectivity index (χ4n) is 3.82. The summed E-state index contributed by atoms with van der Waals surface area (Å²) in [6.45, 7) is 1.45. The number of carbonyl (C=O) groups is 2. The van der Waals surface area contributed by atoms with Gasteiger partial charge < -0.3 is 34.9 Å². The number of aliphatic carboxylic acids is 1. The molecular weight excluding hydrogens is 407 g/mol. The number of nitrogens with two attached hydrogens (primary N) is 1. The summed E-state index contributed by atoms with van der Waals surface area (Å²) < 4.78 is 12.7. The first-order valence-corrected chi connectivity index (χ1v) is 9.92. The van der Waals surface area contributed by atoms with Crippen molar-refractivity contribution >= 4 is 19.1 Å². The van der Waals surface area contributed by atoms with Gasteiger partial charge in [-0.1, -0.05) is 6.07 Å². The van der Waals surface area contributed by atoms with E-state index in [9.17, 15) is 19.7 Å². The highest BCUT2D eigenvalue weighted by Gasteiger charge is 2.34. The number of hydrogen-bond donors (Lipinski definition) is 4. The molecule has 2 aliphatic rings. The summed E-state index contributed by atoms with van der Waals surface area (Å²) >= 11 is 0. The number of likely N-dealkylation sites (tertiary alicyclic amines) is 1. The third kappa shape index (κ3) is 4.65. The van der Waals surface area contributed by atoms with Crippen LogP contribution in [0.3, 0.4) is 0 Å². The number of aromatic carboxylic acids is 1. The van der Waals surface area contributed by atoms with Gasteiger partial charge in [0.2, 0.25) is 0 Å². The van der Waals surface area contributed by atoms with Gasteiger partial charge in [0.25, 0.3) is 0 Å². The topological polar surface area (TPSA) is 160 Å². The smallest absolute Gasteiger partial charge is 0.522 e. The van der Waals surface area contributed by atoms with Crippen LogP contribution < -0.4 is 15.1 Å². The molecule has 1 unspecified atom stereocenters.